The molecule has 0 radical (unpaired) electrons. The van der Waals surface area contributed by atoms with Crippen molar-refractivity contribution >= 4 is 21.6 Å². The fourth-order valence-electron chi connectivity index (χ4n) is 1.83. The first-order valence-electron chi connectivity index (χ1n) is 6.47. The maximum Gasteiger partial charge on any atom is 0.0641 e. The zero-order chi connectivity index (χ0) is 13.5. The quantitative estimate of drug-likeness (QED) is 0.784. The molecule has 2 N–H and O–H groups in total. The summed E-state index contributed by atoms with van der Waals surface area (Å²) in [6, 6.07) is 6.38. The molecule has 0 amide bonds. The lowest BCUT2D eigenvalue weighted by molar-refractivity contribution is 0.154. The maximum atomic E-state index is 5.89. The molecule has 102 valence electrons. The van der Waals surface area contributed by atoms with E-state index in [1.165, 1.54) is 5.69 Å². The molecule has 0 aliphatic heterocycles. The van der Waals surface area contributed by atoms with E-state index in [0.29, 0.717) is 0 Å². The van der Waals surface area contributed by atoms with Crippen molar-refractivity contribution in [1.82, 2.24) is 0 Å². The van der Waals surface area contributed by atoms with Gasteiger partial charge in [0.05, 0.1) is 12.3 Å². The van der Waals surface area contributed by atoms with E-state index in [0.717, 1.165) is 36.3 Å². The Hall–Kier alpha value is -0.580. The SMILES string of the molecule is CCOCCN(CC)c1ccc(C(C)N)cc1Br. The van der Waals surface area contributed by atoms with Crippen molar-refractivity contribution in [3.63, 3.8) is 0 Å². The summed E-state index contributed by atoms with van der Waals surface area (Å²) in [7, 11) is 0. The second-order valence-electron chi connectivity index (χ2n) is 4.28. The van der Waals surface area contributed by atoms with Gasteiger partial charge in [-0.1, -0.05) is 6.07 Å². The Morgan fingerprint density at radius 2 is 2.11 bits per heavy atom. The van der Waals surface area contributed by atoms with Crippen LogP contribution in [0.2, 0.25) is 0 Å². The molecule has 1 aromatic rings. The summed E-state index contributed by atoms with van der Waals surface area (Å²) in [6.45, 7) is 9.55. The molecule has 1 aromatic carbocycles. The van der Waals surface area contributed by atoms with Crippen molar-refractivity contribution in [1.29, 1.82) is 0 Å². The molecular formula is C14H23BrN2O. The van der Waals surface area contributed by atoms with Crippen LogP contribution in [0.15, 0.2) is 22.7 Å². The van der Waals surface area contributed by atoms with Gasteiger partial charge in [0, 0.05) is 30.2 Å². The van der Waals surface area contributed by atoms with Crippen LogP contribution in [0.1, 0.15) is 32.4 Å². The average molecular weight is 315 g/mol. The van der Waals surface area contributed by atoms with Gasteiger partial charge in [-0.3, -0.25) is 0 Å². The van der Waals surface area contributed by atoms with E-state index in [9.17, 15) is 0 Å². The number of ether oxygens (including phenoxy) is 1. The second-order valence-corrected chi connectivity index (χ2v) is 5.13. The normalized spacial score (nSPS) is 12.5. The van der Waals surface area contributed by atoms with Crippen LogP contribution in [0.5, 0.6) is 0 Å². The Morgan fingerprint density at radius 3 is 2.61 bits per heavy atom. The van der Waals surface area contributed by atoms with Crippen molar-refractivity contribution in [2.45, 2.75) is 26.8 Å². The molecule has 0 aromatic heterocycles. The van der Waals surface area contributed by atoms with E-state index in [4.69, 9.17) is 10.5 Å². The van der Waals surface area contributed by atoms with Gasteiger partial charge in [-0.25, -0.2) is 0 Å². The Kier molecular flexibility index (Phi) is 6.68. The van der Waals surface area contributed by atoms with E-state index < -0.39 is 0 Å². The van der Waals surface area contributed by atoms with Crippen LogP contribution in [-0.4, -0.2) is 26.3 Å². The van der Waals surface area contributed by atoms with Gasteiger partial charge in [0.15, 0.2) is 0 Å². The lowest BCUT2D eigenvalue weighted by Crippen LogP contribution is -2.27. The third-order valence-electron chi connectivity index (χ3n) is 2.93. The standard InChI is InChI=1S/C14H23BrN2O/c1-4-17(8-9-18-5-2)14-7-6-12(11(3)16)10-13(14)15/h6-7,10-11H,4-5,8-9,16H2,1-3H3. The van der Waals surface area contributed by atoms with E-state index in [2.05, 4.69) is 46.0 Å². The highest BCUT2D eigenvalue weighted by atomic mass is 79.9. The predicted octanol–water partition coefficient (Wildman–Crippen LogP) is 3.33. The van der Waals surface area contributed by atoms with Gasteiger partial charge in [-0.05, 0) is 54.4 Å². The van der Waals surface area contributed by atoms with Crippen LogP contribution in [0.3, 0.4) is 0 Å². The number of anilines is 1. The summed E-state index contributed by atoms with van der Waals surface area (Å²) < 4.78 is 6.51. The van der Waals surface area contributed by atoms with Gasteiger partial charge >= 0.3 is 0 Å². The largest absolute Gasteiger partial charge is 0.380 e. The van der Waals surface area contributed by atoms with Crippen LogP contribution in [0.25, 0.3) is 0 Å². The van der Waals surface area contributed by atoms with Crippen molar-refractivity contribution < 1.29 is 4.74 Å². The molecule has 0 aliphatic rings. The maximum absolute atomic E-state index is 5.89. The molecule has 1 unspecified atom stereocenters. The summed E-state index contributed by atoms with van der Waals surface area (Å²) in [5.74, 6) is 0. The smallest absolute Gasteiger partial charge is 0.0641 e. The number of nitrogens with two attached hydrogens (primary N) is 1. The zero-order valence-corrected chi connectivity index (χ0v) is 13.0. The van der Waals surface area contributed by atoms with Crippen molar-refractivity contribution in [2.24, 2.45) is 5.73 Å². The fourth-order valence-corrected chi connectivity index (χ4v) is 2.48. The highest BCUT2D eigenvalue weighted by Crippen LogP contribution is 2.28. The van der Waals surface area contributed by atoms with Crippen LogP contribution < -0.4 is 10.6 Å². The summed E-state index contributed by atoms with van der Waals surface area (Å²) in [5, 5.41) is 0. The van der Waals surface area contributed by atoms with Crippen LogP contribution in [-0.2, 0) is 4.74 Å². The lowest BCUT2D eigenvalue weighted by atomic mass is 10.1. The highest BCUT2D eigenvalue weighted by Gasteiger charge is 2.10. The number of rotatable bonds is 7. The van der Waals surface area contributed by atoms with Gasteiger partial charge in [-0.15, -0.1) is 0 Å². The van der Waals surface area contributed by atoms with E-state index in [1.54, 1.807) is 0 Å². The van der Waals surface area contributed by atoms with Crippen molar-refractivity contribution in [3.05, 3.63) is 28.2 Å². The van der Waals surface area contributed by atoms with Gasteiger partial charge in [0.2, 0.25) is 0 Å². The van der Waals surface area contributed by atoms with Crippen molar-refractivity contribution in [3.8, 4) is 0 Å². The van der Waals surface area contributed by atoms with Crippen LogP contribution in [0, 0.1) is 0 Å². The van der Waals surface area contributed by atoms with Gasteiger partial charge < -0.3 is 15.4 Å². The highest BCUT2D eigenvalue weighted by molar-refractivity contribution is 9.10. The first-order valence-corrected chi connectivity index (χ1v) is 7.27. The van der Waals surface area contributed by atoms with E-state index >= 15 is 0 Å². The first kappa shape index (κ1) is 15.5. The third-order valence-corrected chi connectivity index (χ3v) is 3.56. The summed E-state index contributed by atoms with van der Waals surface area (Å²) in [6.07, 6.45) is 0. The summed E-state index contributed by atoms with van der Waals surface area (Å²) >= 11 is 3.63. The van der Waals surface area contributed by atoms with E-state index in [-0.39, 0.29) is 6.04 Å². The molecular weight excluding hydrogens is 292 g/mol. The summed E-state index contributed by atoms with van der Waals surface area (Å²) in [5.41, 5.74) is 8.23. The predicted molar refractivity (Wildman–Crippen MR) is 81.1 cm³/mol. The molecule has 0 aliphatic carbocycles. The number of hydrogen-bond acceptors (Lipinski definition) is 3. The molecule has 18 heavy (non-hydrogen) atoms. The Morgan fingerprint density at radius 1 is 1.39 bits per heavy atom. The molecule has 0 spiro atoms. The number of likely N-dealkylation sites (N-methyl/N-ethyl adjacent to an activating group) is 1. The van der Waals surface area contributed by atoms with E-state index in [1.807, 2.05) is 13.8 Å². The molecule has 0 saturated heterocycles. The average Bonchev–Trinajstić information content (AvgIpc) is 2.35. The Balaban J connectivity index is 2.79. The molecule has 0 saturated carbocycles. The summed E-state index contributed by atoms with van der Waals surface area (Å²) in [4.78, 5) is 2.30. The molecule has 0 fully saturated rings. The lowest BCUT2D eigenvalue weighted by Gasteiger charge is -2.25. The number of hydrogen-bond donors (Lipinski definition) is 1. The van der Waals surface area contributed by atoms with Crippen LogP contribution >= 0.6 is 15.9 Å². The number of halogens is 1. The molecule has 0 bridgehead atoms. The molecule has 1 atom stereocenters. The Bertz CT molecular complexity index is 369. The minimum atomic E-state index is 0.0638. The first-order chi connectivity index (χ1) is 8.60. The number of benzene rings is 1. The number of nitrogens with zero attached hydrogens (tertiary/aromatic N) is 1. The van der Waals surface area contributed by atoms with Gasteiger partial charge in [-0.2, -0.15) is 0 Å². The van der Waals surface area contributed by atoms with Crippen molar-refractivity contribution in [2.75, 3.05) is 31.2 Å². The fraction of sp³-hybridized carbons (Fsp3) is 0.571. The minimum absolute atomic E-state index is 0.0638. The topological polar surface area (TPSA) is 38.5 Å². The zero-order valence-electron chi connectivity index (χ0n) is 11.4. The molecule has 1 rings (SSSR count). The Labute approximate surface area is 118 Å². The van der Waals surface area contributed by atoms with Crippen LogP contribution in [0.4, 0.5) is 5.69 Å². The van der Waals surface area contributed by atoms with Gasteiger partial charge in [0.25, 0.3) is 0 Å². The monoisotopic (exact) mass is 314 g/mol. The molecule has 0 heterocycles. The van der Waals surface area contributed by atoms with Gasteiger partial charge in [0.1, 0.15) is 0 Å². The third kappa shape index (κ3) is 4.26. The minimum Gasteiger partial charge on any atom is -0.380 e. The second kappa shape index (κ2) is 7.77. The molecule has 4 heteroatoms. The molecule has 3 nitrogen and oxygen atoms in total.